The lowest BCUT2D eigenvalue weighted by atomic mass is 9.69. The first kappa shape index (κ1) is 24.4. The molecule has 1 aromatic carbocycles. The van der Waals surface area contributed by atoms with Gasteiger partial charge in [-0.3, -0.25) is 4.57 Å². The average Bonchev–Trinajstić information content (AvgIpc) is 2.73. The minimum atomic E-state index is -3.35. The van der Waals surface area contributed by atoms with Gasteiger partial charge in [0.05, 0.1) is 19.8 Å². The van der Waals surface area contributed by atoms with Gasteiger partial charge >= 0.3 is 13.7 Å². The highest BCUT2D eigenvalue weighted by atomic mass is 31.2. The van der Waals surface area contributed by atoms with Crippen LogP contribution in [0.5, 0.6) is 0 Å². The van der Waals surface area contributed by atoms with Crippen molar-refractivity contribution in [2.75, 3.05) is 19.8 Å². The Kier molecular flexibility index (Phi) is 9.35. The lowest BCUT2D eigenvalue weighted by Crippen LogP contribution is -2.41. The van der Waals surface area contributed by atoms with Gasteiger partial charge in [0.15, 0.2) is 0 Å². The highest BCUT2D eigenvalue weighted by Gasteiger charge is 2.36. The molecular weight excluding hydrogens is 401 g/mol. The summed E-state index contributed by atoms with van der Waals surface area (Å²) in [5.74, 6) is 1.59. The Hall–Kier alpha value is -1.88. The normalized spacial score (nSPS) is 19.5. The van der Waals surface area contributed by atoms with Crippen LogP contribution in [-0.4, -0.2) is 32.0 Å². The first-order chi connectivity index (χ1) is 14.4. The monoisotopic (exact) mass is 435 g/mol. The fraction of sp³-hybridized carbons (Fsp3) is 0.522. The average molecular weight is 436 g/mol. The number of benzene rings is 1. The third-order valence-corrected chi connectivity index (χ3v) is 6.92. The molecule has 0 heterocycles. The van der Waals surface area contributed by atoms with Crippen LogP contribution in [0.25, 0.3) is 6.08 Å². The second-order valence-electron chi connectivity index (χ2n) is 7.22. The third kappa shape index (κ3) is 6.31. The van der Waals surface area contributed by atoms with Crippen LogP contribution in [0.15, 0.2) is 42.2 Å². The quantitative estimate of drug-likeness (QED) is 0.429. The van der Waals surface area contributed by atoms with Crippen molar-refractivity contribution in [1.82, 2.24) is 5.32 Å². The summed E-state index contributed by atoms with van der Waals surface area (Å²) in [6, 6.07) is 8.06. The molecule has 1 aliphatic rings. The zero-order chi connectivity index (χ0) is 22.0. The second kappa shape index (κ2) is 11.5. The van der Waals surface area contributed by atoms with Crippen LogP contribution in [0.4, 0.5) is 4.79 Å². The van der Waals surface area contributed by atoms with Crippen molar-refractivity contribution in [1.29, 1.82) is 0 Å². The molecule has 1 aliphatic carbocycles. The van der Waals surface area contributed by atoms with Crippen molar-refractivity contribution in [2.45, 2.75) is 58.4 Å². The molecule has 6 nitrogen and oxygen atoms in total. The summed E-state index contributed by atoms with van der Waals surface area (Å²) in [6.45, 7) is 8.33. The van der Waals surface area contributed by atoms with Gasteiger partial charge in [-0.1, -0.05) is 49.4 Å². The maximum Gasteiger partial charge on any atom is 0.407 e. The molecule has 1 aromatic rings. The Balaban J connectivity index is 2.44. The molecule has 0 spiro atoms. The van der Waals surface area contributed by atoms with Gasteiger partial charge in [0.2, 0.25) is 0 Å². The SMILES string of the molecule is CCOC(=O)NC(CC)CC1(/C=C\P(=O)(OCC)OCC)CC=Cc2ccccc21. The molecule has 2 atom stereocenters. The molecule has 166 valence electrons. The van der Waals surface area contributed by atoms with Crippen molar-refractivity contribution in [3.05, 3.63) is 53.4 Å². The van der Waals surface area contributed by atoms with E-state index in [0.717, 1.165) is 24.0 Å². The van der Waals surface area contributed by atoms with Gasteiger partial charge in [-0.05, 0) is 51.2 Å². The van der Waals surface area contributed by atoms with Crippen molar-refractivity contribution in [2.24, 2.45) is 0 Å². The zero-order valence-electron chi connectivity index (χ0n) is 18.4. The van der Waals surface area contributed by atoms with Gasteiger partial charge in [0.25, 0.3) is 0 Å². The van der Waals surface area contributed by atoms with E-state index in [2.05, 4.69) is 29.6 Å². The van der Waals surface area contributed by atoms with Crippen LogP contribution < -0.4 is 5.32 Å². The van der Waals surface area contributed by atoms with Crippen LogP contribution in [0.1, 0.15) is 58.1 Å². The summed E-state index contributed by atoms with van der Waals surface area (Å²) >= 11 is 0. The number of carbonyl (C=O) groups excluding carboxylic acids is 1. The molecule has 2 rings (SSSR count). The molecule has 1 amide bonds. The number of nitrogens with one attached hydrogen (secondary N) is 1. The highest BCUT2D eigenvalue weighted by molar-refractivity contribution is 7.57. The van der Waals surface area contributed by atoms with Crippen molar-refractivity contribution in [3.8, 4) is 0 Å². The van der Waals surface area contributed by atoms with Gasteiger partial charge in [-0.15, -0.1) is 0 Å². The van der Waals surface area contributed by atoms with Crippen LogP contribution in [0, 0.1) is 0 Å². The molecule has 0 radical (unpaired) electrons. The van der Waals surface area contributed by atoms with Crippen molar-refractivity contribution < 1.29 is 23.1 Å². The standard InChI is InChI=1S/C23H34NO5P/c1-5-20(24-22(25)27-6-2)18-23(16-17-30(26,28-7-3)29-8-4)15-11-13-19-12-9-10-14-21(19)23/h9-14,16-17,20H,5-8,15,18H2,1-4H3,(H,24,25)/b17-16-. The van der Waals surface area contributed by atoms with E-state index in [1.54, 1.807) is 26.6 Å². The Bertz CT molecular complexity index is 797. The van der Waals surface area contributed by atoms with E-state index in [0.29, 0.717) is 26.2 Å². The van der Waals surface area contributed by atoms with Gasteiger partial charge in [0, 0.05) is 17.3 Å². The fourth-order valence-corrected chi connectivity index (χ4v) is 5.25. The first-order valence-electron chi connectivity index (χ1n) is 10.7. The first-order valence-corrected chi connectivity index (χ1v) is 12.3. The Morgan fingerprint density at radius 3 is 2.50 bits per heavy atom. The minimum absolute atomic E-state index is 0.105. The summed E-state index contributed by atoms with van der Waals surface area (Å²) in [5, 5.41) is 2.97. The number of fused-ring (bicyclic) bond motifs is 1. The molecule has 30 heavy (non-hydrogen) atoms. The van der Waals surface area contributed by atoms with Crippen LogP contribution >= 0.6 is 7.60 Å². The number of hydrogen-bond acceptors (Lipinski definition) is 5. The van der Waals surface area contributed by atoms with Gasteiger partial charge in [0.1, 0.15) is 0 Å². The van der Waals surface area contributed by atoms with E-state index in [4.69, 9.17) is 13.8 Å². The number of amides is 1. The lowest BCUT2D eigenvalue weighted by Gasteiger charge is -2.37. The van der Waals surface area contributed by atoms with Crippen LogP contribution in [0.2, 0.25) is 0 Å². The molecule has 0 bridgehead atoms. The number of alkyl carbamates (subject to hydrolysis) is 1. The summed E-state index contributed by atoms with van der Waals surface area (Å²) in [5.41, 5.74) is 1.80. The Morgan fingerprint density at radius 1 is 1.17 bits per heavy atom. The predicted molar refractivity (Wildman–Crippen MR) is 121 cm³/mol. The summed E-state index contributed by atoms with van der Waals surface area (Å²) < 4.78 is 29.1. The molecule has 0 aromatic heterocycles. The Morgan fingerprint density at radius 2 is 1.87 bits per heavy atom. The maximum atomic E-state index is 13.1. The van der Waals surface area contributed by atoms with Crippen LogP contribution in [0.3, 0.4) is 0 Å². The summed E-state index contributed by atoms with van der Waals surface area (Å²) in [7, 11) is -3.35. The van der Waals surface area contributed by atoms with E-state index in [1.807, 2.05) is 25.1 Å². The minimum Gasteiger partial charge on any atom is -0.450 e. The largest absolute Gasteiger partial charge is 0.450 e. The molecule has 0 aliphatic heterocycles. The van der Waals surface area contributed by atoms with E-state index < -0.39 is 19.1 Å². The van der Waals surface area contributed by atoms with Crippen molar-refractivity contribution in [3.63, 3.8) is 0 Å². The highest BCUT2D eigenvalue weighted by Crippen LogP contribution is 2.52. The van der Waals surface area contributed by atoms with E-state index >= 15 is 0 Å². The number of allylic oxidation sites excluding steroid dienone is 2. The second-order valence-corrected chi connectivity index (χ2v) is 9.11. The molecule has 2 unspecified atom stereocenters. The van der Waals surface area contributed by atoms with Gasteiger partial charge < -0.3 is 19.1 Å². The molecule has 0 fully saturated rings. The molecular formula is C23H34NO5P. The number of ether oxygens (including phenoxy) is 1. The van der Waals surface area contributed by atoms with Gasteiger partial charge in [-0.2, -0.15) is 0 Å². The van der Waals surface area contributed by atoms with Gasteiger partial charge in [-0.25, -0.2) is 4.79 Å². The van der Waals surface area contributed by atoms with Crippen LogP contribution in [-0.2, 0) is 23.8 Å². The fourth-order valence-electron chi connectivity index (χ4n) is 3.81. The maximum absolute atomic E-state index is 13.1. The summed E-state index contributed by atoms with van der Waals surface area (Å²) in [6.07, 6.45) is 7.86. The molecule has 7 heteroatoms. The number of rotatable bonds is 11. The third-order valence-electron chi connectivity index (χ3n) is 5.17. The van der Waals surface area contributed by atoms with E-state index in [9.17, 15) is 9.36 Å². The molecule has 0 saturated heterocycles. The number of hydrogen-bond donors (Lipinski definition) is 1. The van der Waals surface area contributed by atoms with E-state index in [1.165, 1.54) is 0 Å². The smallest absolute Gasteiger partial charge is 0.407 e. The topological polar surface area (TPSA) is 73.9 Å². The predicted octanol–water partition coefficient (Wildman–Crippen LogP) is 6.04. The zero-order valence-corrected chi connectivity index (χ0v) is 19.3. The summed E-state index contributed by atoms with van der Waals surface area (Å²) in [4.78, 5) is 12.0. The Labute approximate surface area is 180 Å². The lowest BCUT2D eigenvalue weighted by molar-refractivity contribution is 0.145. The molecule has 1 N–H and O–H groups in total. The van der Waals surface area contributed by atoms with Crippen molar-refractivity contribution >= 4 is 19.8 Å². The van der Waals surface area contributed by atoms with E-state index in [-0.39, 0.29) is 6.04 Å². The molecule has 0 saturated carbocycles. The number of carbonyl (C=O) groups is 1.